The van der Waals surface area contributed by atoms with E-state index in [1.165, 1.54) is 0 Å². The van der Waals surface area contributed by atoms with E-state index in [-0.39, 0.29) is 18.2 Å². The number of hydrogen-bond acceptors (Lipinski definition) is 5. The van der Waals surface area contributed by atoms with Crippen LogP contribution >= 0.6 is 0 Å². The molecule has 2 aliphatic rings. The number of nitrogens with zero attached hydrogens (tertiary/aromatic N) is 3. The van der Waals surface area contributed by atoms with Crippen molar-refractivity contribution < 1.29 is 18.3 Å². The number of rotatable bonds is 4. The molecule has 2 aliphatic heterocycles. The maximum absolute atomic E-state index is 14.0. The molecule has 0 spiro atoms. The third kappa shape index (κ3) is 3.58. The lowest BCUT2D eigenvalue weighted by Crippen LogP contribution is -2.47. The third-order valence-corrected chi connectivity index (χ3v) is 5.15. The summed E-state index contributed by atoms with van der Waals surface area (Å²) in [5.41, 5.74) is 13.5. The van der Waals surface area contributed by atoms with Crippen LogP contribution in [0.5, 0.6) is 0 Å². The van der Waals surface area contributed by atoms with Crippen LogP contribution in [0.2, 0.25) is 0 Å². The van der Waals surface area contributed by atoms with E-state index in [0.717, 1.165) is 29.5 Å². The van der Waals surface area contributed by atoms with E-state index in [1.807, 2.05) is 6.20 Å². The first-order valence-electron chi connectivity index (χ1n) is 8.80. The van der Waals surface area contributed by atoms with Crippen molar-refractivity contribution in [2.45, 2.75) is 44.2 Å². The van der Waals surface area contributed by atoms with E-state index in [9.17, 15) is 13.6 Å². The molecule has 27 heavy (non-hydrogen) atoms. The first-order chi connectivity index (χ1) is 12.9. The summed E-state index contributed by atoms with van der Waals surface area (Å²) >= 11 is 0. The fourth-order valence-corrected chi connectivity index (χ4v) is 3.89. The van der Waals surface area contributed by atoms with Crippen molar-refractivity contribution in [1.82, 2.24) is 14.7 Å². The summed E-state index contributed by atoms with van der Waals surface area (Å²) in [5.74, 6) is -1.46. The highest BCUT2D eigenvalue weighted by molar-refractivity contribution is 5.73. The summed E-state index contributed by atoms with van der Waals surface area (Å²) in [7, 11) is 0. The lowest BCUT2D eigenvalue weighted by Gasteiger charge is -2.38. The van der Waals surface area contributed by atoms with Gasteiger partial charge in [0.1, 0.15) is 24.3 Å². The zero-order valence-corrected chi connectivity index (χ0v) is 14.6. The number of aromatic nitrogens is 2. The highest BCUT2D eigenvalue weighted by atomic mass is 19.1. The molecule has 0 saturated carbocycles. The highest BCUT2D eigenvalue weighted by Gasteiger charge is 2.37. The van der Waals surface area contributed by atoms with Gasteiger partial charge in [0.2, 0.25) is 5.91 Å². The number of hydrogen-bond donors (Lipinski definition) is 2. The molecule has 2 aromatic rings. The molecule has 4 rings (SSSR count). The van der Waals surface area contributed by atoms with Crippen molar-refractivity contribution in [3.05, 3.63) is 52.9 Å². The Morgan fingerprint density at radius 2 is 2.15 bits per heavy atom. The average Bonchev–Trinajstić information content (AvgIpc) is 3.15. The maximum Gasteiger partial charge on any atom is 0.239 e. The molecule has 3 atom stereocenters. The predicted molar refractivity (Wildman–Crippen MR) is 92.1 cm³/mol. The van der Waals surface area contributed by atoms with Gasteiger partial charge in [-0.25, -0.2) is 8.78 Å². The van der Waals surface area contributed by atoms with Crippen LogP contribution < -0.4 is 11.5 Å². The summed E-state index contributed by atoms with van der Waals surface area (Å²) in [6, 6.07) is 2.94. The molecule has 9 heteroatoms. The van der Waals surface area contributed by atoms with Gasteiger partial charge in [-0.3, -0.25) is 14.4 Å². The Balaban J connectivity index is 1.41. The van der Waals surface area contributed by atoms with Crippen LogP contribution in [0.1, 0.15) is 29.3 Å². The molecule has 0 aliphatic carbocycles. The van der Waals surface area contributed by atoms with Crippen LogP contribution in [-0.4, -0.2) is 39.3 Å². The molecule has 1 aromatic heterocycles. The molecule has 0 radical (unpaired) electrons. The van der Waals surface area contributed by atoms with Crippen LogP contribution in [0.25, 0.3) is 0 Å². The van der Waals surface area contributed by atoms with Gasteiger partial charge < -0.3 is 16.2 Å². The van der Waals surface area contributed by atoms with Crippen molar-refractivity contribution in [2.24, 2.45) is 11.5 Å². The second kappa shape index (κ2) is 6.99. The Morgan fingerprint density at radius 1 is 1.33 bits per heavy atom. The first kappa shape index (κ1) is 18.0. The van der Waals surface area contributed by atoms with Gasteiger partial charge in [0.05, 0.1) is 12.3 Å². The number of halogens is 2. The van der Waals surface area contributed by atoms with Gasteiger partial charge in [-0.05, 0) is 24.6 Å². The van der Waals surface area contributed by atoms with Gasteiger partial charge >= 0.3 is 0 Å². The minimum atomic E-state index is -0.665. The maximum atomic E-state index is 14.0. The second-order valence-corrected chi connectivity index (χ2v) is 7.14. The summed E-state index contributed by atoms with van der Waals surface area (Å²) in [6.07, 6.45) is 1.77. The third-order valence-electron chi connectivity index (χ3n) is 5.15. The predicted octanol–water partition coefficient (Wildman–Crippen LogP) is 0.820. The van der Waals surface area contributed by atoms with Crippen molar-refractivity contribution in [2.75, 3.05) is 6.61 Å². The average molecular weight is 377 g/mol. The number of carbonyl (C=O) groups is 1. The highest BCUT2D eigenvalue weighted by Crippen LogP contribution is 2.33. The lowest BCUT2D eigenvalue weighted by molar-refractivity contribution is -0.118. The van der Waals surface area contributed by atoms with Crippen molar-refractivity contribution in [3.8, 4) is 0 Å². The molecule has 3 heterocycles. The molecular formula is C18H21F2N5O2. The monoisotopic (exact) mass is 377 g/mol. The Kier molecular flexibility index (Phi) is 4.67. The Morgan fingerprint density at radius 3 is 2.85 bits per heavy atom. The fourth-order valence-electron chi connectivity index (χ4n) is 3.89. The van der Waals surface area contributed by atoms with E-state index in [0.29, 0.717) is 26.1 Å². The molecule has 7 nitrogen and oxygen atoms in total. The molecule has 4 N–H and O–H groups in total. The summed E-state index contributed by atoms with van der Waals surface area (Å²) < 4.78 is 34.9. The molecule has 1 saturated heterocycles. The van der Waals surface area contributed by atoms with Crippen LogP contribution in [0.4, 0.5) is 8.78 Å². The van der Waals surface area contributed by atoms with Crippen molar-refractivity contribution in [1.29, 1.82) is 0 Å². The summed E-state index contributed by atoms with van der Waals surface area (Å²) in [4.78, 5) is 13.2. The van der Waals surface area contributed by atoms with E-state index in [2.05, 4.69) is 10.00 Å². The smallest absolute Gasteiger partial charge is 0.239 e. The molecule has 1 fully saturated rings. The van der Waals surface area contributed by atoms with Gasteiger partial charge in [0, 0.05) is 42.5 Å². The quantitative estimate of drug-likeness (QED) is 0.822. The SMILES string of the molecule is NC(=O)Cn1cc2c(n1)CN(C1CO[C@H](c3cc(F)ccc3F)[C@@H](N)C1)C2. The number of benzene rings is 1. The van der Waals surface area contributed by atoms with Crippen LogP contribution in [0.3, 0.4) is 0 Å². The molecule has 0 bridgehead atoms. The van der Waals surface area contributed by atoms with Crippen molar-refractivity contribution in [3.63, 3.8) is 0 Å². The van der Waals surface area contributed by atoms with Crippen molar-refractivity contribution >= 4 is 5.91 Å². The summed E-state index contributed by atoms with van der Waals surface area (Å²) in [5, 5.41) is 4.39. The van der Waals surface area contributed by atoms with Gasteiger partial charge in [-0.1, -0.05) is 0 Å². The molecule has 1 aromatic carbocycles. The second-order valence-electron chi connectivity index (χ2n) is 7.14. The Hall–Kier alpha value is -2.36. The normalized spacial score (nSPS) is 25.5. The Labute approximate surface area is 154 Å². The topological polar surface area (TPSA) is 99.4 Å². The zero-order chi connectivity index (χ0) is 19.1. The molecule has 144 valence electrons. The lowest BCUT2D eigenvalue weighted by atomic mass is 9.93. The van der Waals surface area contributed by atoms with E-state index in [4.69, 9.17) is 16.2 Å². The minimum Gasteiger partial charge on any atom is -0.370 e. The molecular weight excluding hydrogens is 356 g/mol. The van der Waals surface area contributed by atoms with Gasteiger partial charge in [0.15, 0.2) is 0 Å². The largest absolute Gasteiger partial charge is 0.370 e. The number of amides is 1. The van der Waals surface area contributed by atoms with Crippen LogP contribution in [0, 0.1) is 11.6 Å². The molecule has 1 unspecified atom stereocenters. The van der Waals surface area contributed by atoms with E-state index >= 15 is 0 Å². The number of nitrogens with two attached hydrogens (primary N) is 2. The number of carbonyl (C=O) groups excluding carboxylic acids is 1. The fraction of sp³-hybridized carbons (Fsp3) is 0.444. The standard InChI is InChI=1S/C18H21F2N5O2/c19-11-1-2-14(20)13(3-11)18-15(21)4-12(9-27-18)24-5-10-6-25(8-17(22)26)23-16(10)7-24/h1-3,6,12,15,18H,4-5,7-9,21H2,(H2,22,26)/t12?,15-,18+/m0/s1. The van der Waals surface area contributed by atoms with Gasteiger partial charge in [-0.2, -0.15) is 5.10 Å². The number of ether oxygens (including phenoxy) is 1. The number of fused-ring (bicyclic) bond motifs is 1. The minimum absolute atomic E-state index is 0.0608. The summed E-state index contributed by atoms with van der Waals surface area (Å²) in [6.45, 7) is 1.74. The van der Waals surface area contributed by atoms with Gasteiger partial charge in [0.25, 0.3) is 0 Å². The molecule has 1 amide bonds. The number of primary amides is 1. The first-order valence-corrected chi connectivity index (χ1v) is 8.80. The van der Waals surface area contributed by atoms with E-state index < -0.39 is 29.7 Å². The zero-order valence-electron chi connectivity index (χ0n) is 14.6. The van der Waals surface area contributed by atoms with Crippen LogP contribution in [0.15, 0.2) is 24.4 Å². The van der Waals surface area contributed by atoms with Gasteiger partial charge in [-0.15, -0.1) is 0 Å². The van der Waals surface area contributed by atoms with E-state index in [1.54, 1.807) is 4.68 Å². The van der Waals surface area contributed by atoms with Crippen LogP contribution in [-0.2, 0) is 29.2 Å². The Bertz CT molecular complexity index is 848.